The van der Waals surface area contributed by atoms with Crippen LogP contribution in [0.25, 0.3) is 0 Å². The number of hydrogen-bond acceptors (Lipinski definition) is 4. The van der Waals surface area contributed by atoms with E-state index in [9.17, 15) is 4.79 Å². The monoisotopic (exact) mass is 440 g/mol. The Bertz CT molecular complexity index is 1130. The Labute approximate surface area is 195 Å². The molecule has 2 amide bonds. The SMILES string of the molecule is Cc1cccc(N2CCN(C(=O)Nc3ccccc3COc3ccc(CC#N)cc3)CC2)c1. The first-order valence-electron chi connectivity index (χ1n) is 11.2. The predicted molar refractivity (Wildman–Crippen MR) is 131 cm³/mol. The fourth-order valence-corrected chi connectivity index (χ4v) is 3.91. The fourth-order valence-electron chi connectivity index (χ4n) is 3.91. The number of hydrogen-bond donors (Lipinski definition) is 1. The van der Waals surface area contributed by atoms with Crippen LogP contribution in [-0.2, 0) is 13.0 Å². The zero-order valence-electron chi connectivity index (χ0n) is 18.8. The van der Waals surface area contributed by atoms with Crippen LogP contribution in [0.5, 0.6) is 5.75 Å². The van der Waals surface area contributed by atoms with Crippen LogP contribution in [-0.4, -0.2) is 37.1 Å². The van der Waals surface area contributed by atoms with Gasteiger partial charge in [-0.15, -0.1) is 0 Å². The molecular formula is C27H28N4O2. The van der Waals surface area contributed by atoms with E-state index in [2.05, 4.69) is 47.5 Å². The van der Waals surface area contributed by atoms with Gasteiger partial charge in [0.2, 0.25) is 0 Å². The molecule has 1 heterocycles. The van der Waals surface area contributed by atoms with Gasteiger partial charge in [-0.05, 0) is 48.4 Å². The van der Waals surface area contributed by atoms with E-state index in [0.29, 0.717) is 26.1 Å². The summed E-state index contributed by atoms with van der Waals surface area (Å²) in [4.78, 5) is 17.1. The van der Waals surface area contributed by atoms with Gasteiger partial charge in [0.25, 0.3) is 0 Å². The van der Waals surface area contributed by atoms with Gasteiger partial charge in [0, 0.05) is 43.1 Å². The summed E-state index contributed by atoms with van der Waals surface area (Å²) in [5.41, 5.74) is 5.07. The van der Waals surface area contributed by atoms with Gasteiger partial charge in [-0.25, -0.2) is 4.79 Å². The van der Waals surface area contributed by atoms with Crippen molar-refractivity contribution in [2.24, 2.45) is 0 Å². The predicted octanol–water partition coefficient (Wildman–Crippen LogP) is 4.99. The highest BCUT2D eigenvalue weighted by atomic mass is 16.5. The molecule has 0 radical (unpaired) electrons. The molecule has 0 spiro atoms. The normalized spacial score (nSPS) is 13.3. The van der Waals surface area contributed by atoms with Crippen LogP contribution in [0, 0.1) is 18.3 Å². The summed E-state index contributed by atoms with van der Waals surface area (Å²) in [7, 11) is 0. The van der Waals surface area contributed by atoms with Crippen molar-refractivity contribution in [2.45, 2.75) is 20.0 Å². The Morgan fingerprint density at radius 2 is 1.76 bits per heavy atom. The van der Waals surface area contributed by atoms with Crippen molar-refractivity contribution in [1.29, 1.82) is 5.26 Å². The smallest absolute Gasteiger partial charge is 0.321 e. The van der Waals surface area contributed by atoms with Crippen molar-refractivity contribution in [1.82, 2.24) is 4.90 Å². The highest BCUT2D eigenvalue weighted by Gasteiger charge is 2.22. The summed E-state index contributed by atoms with van der Waals surface area (Å²) < 4.78 is 5.91. The average Bonchev–Trinajstić information content (AvgIpc) is 2.85. The standard InChI is InChI=1S/C27H28N4O2/c1-21-5-4-7-24(19-21)30-15-17-31(18-16-30)27(32)29-26-8-3-2-6-23(26)20-33-25-11-9-22(10-12-25)13-14-28/h2-12,19H,13,15-18,20H2,1H3,(H,29,32). The molecule has 4 rings (SSSR count). The molecule has 0 saturated carbocycles. The van der Waals surface area contributed by atoms with Crippen LogP contribution < -0.4 is 15.0 Å². The largest absolute Gasteiger partial charge is 0.489 e. The van der Waals surface area contributed by atoms with Gasteiger partial charge in [0.1, 0.15) is 12.4 Å². The van der Waals surface area contributed by atoms with E-state index in [4.69, 9.17) is 10.00 Å². The molecule has 0 unspecified atom stereocenters. The first-order valence-corrected chi connectivity index (χ1v) is 11.2. The van der Waals surface area contributed by atoms with Crippen LogP contribution in [0.3, 0.4) is 0 Å². The molecule has 1 N–H and O–H groups in total. The summed E-state index contributed by atoms with van der Waals surface area (Å²) in [5, 5.41) is 11.8. The highest BCUT2D eigenvalue weighted by molar-refractivity contribution is 5.90. The molecule has 0 aromatic heterocycles. The maximum absolute atomic E-state index is 12.9. The average molecular weight is 441 g/mol. The summed E-state index contributed by atoms with van der Waals surface area (Å²) in [6.07, 6.45) is 0.383. The first kappa shape index (κ1) is 22.2. The molecule has 3 aromatic carbocycles. The van der Waals surface area contributed by atoms with E-state index in [1.165, 1.54) is 11.3 Å². The minimum absolute atomic E-state index is 0.0906. The number of amides is 2. The van der Waals surface area contributed by atoms with Gasteiger partial charge in [-0.3, -0.25) is 0 Å². The third-order valence-corrected chi connectivity index (χ3v) is 5.79. The summed E-state index contributed by atoms with van der Waals surface area (Å²) in [6, 6.07) is 25.7. The molecule has 3 aromatic rings. The number of nitrogens with one attached hydrogen (secondary N) is 1. The summed E-state index contributed by atoms with van der Waals surface area (Å²) >= 11 is 0. The Hall–Kier alpha value is -3.98. The molecule has 1 fully saturated rings. The molecule has 6 nitrogen and oxygen atoms in total. The minimum Gasteiger partial charge on any atom is -0.489 e. The number of benzene rings is 3. The molecule has 168 valence electrons. The molecular weight excluding hydrogens is 412 g/mol. The van der Waals surface area contributed by atoms with Gasteiger partial charge >= 0.3 is 6.03 Å². The third-order valence-electron chi connectivity index (χ3n) is 5.79. The van der Waals surface area contributed by atoms with Gasteiger partial charge in [-0.1, -0.05) is 42.5 Å². The minimum atomic E-state index is -0.0906. The number of urea groups is 1. The number of aryl methyl sites for hydroxylation is 1. The van der Waals surface area contributed by atoms with E-state index < -0.39 is 0 Å². The number of carbonyl (C=O) groups is 1. The second-order valence-electron chi connectivity index (χ2n) is 8.17. The number of ether oxygens (including phenoxy) is 1. The molecule has 0 atom stereocenters. The Kier molecular flexibility index (Phi) is 7.11. The molecule has 1 aliphatic heterocycles. The Balaban J connectivity index is 1.33. The summed E-state index contributed by atoms with van der Waals surface area (Å²) in [6.45, 7) is 5.40. The van der Waals surface area contributed by atoms with Crippen molar-refractivity contribution in [3.63, 3.8) is 0 Å². The van der Waals surface area contributed by atoms with E-state index in [1.54, 1.807) is 0 Å². The number of para-hydroxylation sites is 1. The second kappa shape index (κ2) is 10.6. The molecule has 0 aliphatic carbocycles. The lowest BCUT2D eigenvalue weighted by atomic mass is 10.1. The van der Waals surface area contributed by atoms with Crippen LogP contribution in [0.15, 0.2) is 72.8 Å². The van der Waals surface area contributed by atoms with Crippen LogP contribution in [0.1, 0.15) is 16.7 Å². The van der Waals surface area contributed by atoms with Crippen molar-refractivity contribution in [2.75, 3.05) is 36.4 Å². The quantitative estimate of drug-likeness (QED) is 0.586. The Morgan fingerprint density at radius 1 is 1.00 bits per heavy atom. The number of piperazine rings is 1. The number of nitrogens with zero attached hydrogens (tertiary/aromatic N) is 3. The van der Waals surface area contributed by atoms with E-state index >= 15 is 0 Å². The number of anilines is 2. The van der Waals surface area contributed by atoms with Gasteiger partial charge in [-0.2, -0.15) is 5.26 Å². The summed E-state index contributed by atoms with van der Waals surface area (Å²) in [5.74, 6) is 0.727. The molecule has 1 saturated heterocycles. The zero-order chi connectivity index (χ0) is 23.0. The molecule has 1 aliphatic rings. The first-order chi connectivity index (χ1) is 16.1. The zero-order valence-corrected chi connectivity index (χ0v) is 18.8. The fraction of sp³-hybridized carbons (Fsp3) is 0.259. The van der Waals surface area contributed by atoms with E-state index in [1.807, 2.05) is 53.4 Å². The van der Waals surface area contributed by atoms with Crippen molar-refractivity contribution >= 4 is 17.4 Å². The van der Waals surface area contributed by atoms with E-state index in [-0.39, 0.29) is 6.03 Å². The molecule has 0 bridgehead atoms. The Morgan fingerprint density at radius 3 is 2.48 bits per heavy atom. The van der Waals surface area contributed by atoms with Gasteiger partial charge in [0.15, 0.2) is 0 Å². The maximum atomic E-state index is 12.9. The number of nitriles is 1. The lowest BCUT2D eigenvalue weighted by Gasteiger charge is -2.36. The molecule has 33 heavy (non-hydrogen) atoms. The lowest BCUT2D eigenvalue weighted by Crippen LogP contribution is -2.50. The van der Waals surface area contributed by atoms with Crippen molar-refractivity contribution < 1.29 is 9.53 Å². The van der Waals surface area contributed by atoms with Gasteiger partial charge < -0.3 is 19.9 Å². The number of rotatable bonds is 6. The van der Waals surface area contributed by atoms with Crippen LogP contribution in [0.4, 0.5) is 16.2 Å². The van der Waals surface area contributed by atoms with Crippen molar-refractivity contribution in [3.05, 3.63) is 89.5 Å². The van der Waals surface area contributed by atoms with E-state index in [0.717, 1.165) is 35.7 Å². The van der Waals surface area contributed by atoms with Crippen LogP contribution in [0.2, 0.25) is 0 Å². The second-order valence-corrected chi connectivity index (χ2v) is 8.17. The topological polar surface area (TPSA) is 68.6 Å². The maximum Gasteiger partial charge on any atom is 0.321 e. The van der Waals surface area contributed by atoms with Gasteiger partial charge in [0.05, 0.1) is 12.5 Å². The number of carbonyl (C=O) groups excluding carboxylic acids is 1. The van der Waals surface area contributed by atoms with Crippen molar-refractivity contribution in [3.8, 4) is 11.8 Å². The lowest BCUT2D eigenvalue weighted by molar-refractivity contribution is 0.208. The van der Waals surface area contributed by atoms with Crippen LogP contribution >= 0.6 is 0 Å². The highest BCUT2D eigenvalue weighted by Crippen LogP contribution is 2.21. The third kappa shape index (κ3) is 5.83. The molecule has 6 heteroatoms.